The Labute approximate surface area is 120 Å². The Morgan fingerprint density at radius 2 is 2.15 bits per heavy atom. The standard InChI is InChI=1S/C16H23N3O/c1-4-8-20-15-6-7-16(12(3)9-15)13(5-2)10-14-11-17-19-18-14/h6-7,9,11,13H,4-5,8,10H2,1-3H3,(H,17,18,19). The first kappa shape index (κ1) is 14.6. The number of nitrogens with zero attached hydrogens (tertiary/aromatic N) is 2. The highest BCUT2D eigenvalue weighted by molar-refractivity contribution is 5.37. The summed E-state index contributed by atoms with van der Waals surface area (Å²) in [7, 11) is 0. The quantitative estimate of drug-likeness (QED) is 0.838. The number of hydrogen-bond donors (Lipinski definition) is 1. The number of ether oxygens (including phenoxy) is 1. The van der Waals surface area contributed by atoms with E-state index >= 15 is 0 Å². The molecule has 4 nitrogen and oxygen atoms in total. The molecular weight excluding hydrogens is 250 g/mol. The number of aromatic amines is 1. The summed E-state index contributed by atoms with van der Waals surface area (Å²) >= 11 is 0. The third-order valence-corrected chi connectivity index (χ3v) is 3.57. The van der Waals surface area contributed by atoms with Gasteiger partial charge < -0.3 is 4.74 Å². The first-order chi connectivity index (χ1) is 9.74. The van der Waals surface area contributed by atoms with Crippen molar-refractivity contribution in [1.82, 2.24) is 15.4 Å². The minimum Gasteiger partial charge on any atom is -0.494 e. The second-order valence-corrected chi connectivity index (χ2v) is 5.14. The molecule has 4 heteroatoms. The lowest BCUT2D eigenvalue weighted by molar-refractivity contribution is 0.317. The average molecular weight is 273 g/mol. The van der Waals surface area contributed by atoms with Crippen LogP contribution >= 0.6 is 0 Å². The highest BCUT2D eigenvalue weighted by atomic mass is 16.5. The Morgan fingerprint density at radius 3 is 2.75 bits per heavy atom. The zero-order valence-electron chi connectivity index (χ0n) is 12.5. The molecule has 1 unspecified atom stereocenters. The summed E-state index contributed by atoms with van der Waals surface area (Å²) in [6, 6.07) is 6.40. The van der Waals surface area contributed by atoms with Gasteiger partial charge in [-0.1, -0.05) is 19.9 Å². The number of benzene rings is 1. The van der Waals surface area contributed by atoms with Gasteiger partial charge in [0.1, 0.15) is 5.75 Å². The molecule has 0 saturated carbocycles. The van der Waals surface area contributed by atoms with Crippen LogP contribution in [-0.2, 0) is 6.42 Å². The lowest BCUT2D eigenvalue weighted by Gasteiger charge is -2.17. The molecule has 1 N–H and O–H groups in total. The largest absolute Gasteiger partial charge is 0.494 e. The van der Waals surface area contributed by atoms with E-state index in [1.807, 2.05) is 0 Å². The molecule has 0 aliphatic carbocycles. The van der Waals surface area contributed by atoms with Gasteiger partial charge in [-0.25, -0.2) is 0 Å². The van der Waals surface area contributed by atoms with E-state index in [0.717, 1.165) is 37.3 Å². The Hall–Kier alpha value is -1.84. The van der Waals surface area contributed by atoms with Gasteiger partial charge in [-0.3, -0.25) is 0 Å². The van der Waals surface area contributed by atoms with Crippen LogP contribution in [0.3, 0.4) is 0 Å². The molecule has 108 valence electrons. The molecule has 2 aromatic rings. The predicted octanol–water partition coefficient (Wildman–Crippen LogP) is 3.64. The molecule has 0 amide bonds. The fraction of sp³-hybridized carbons (Fsp3) is 0.500. The van der Waals surface area contributed by atoms with Crippen molar-refractivity contribution in [2.75, 3.05) is 6.61 Å². The molecule has 0 fully saturated rings. The molecule has 1 aromatic carbocycles. The zero-order chi connectivity index (χ0) is 14.4. The summed E-state index contributed by atoms with van der Waals surface area (Å²) in [4.78, 5) is 0. The maximum atomic E-state index is 5.68. The molecule has 1 aromatic heterocycles. The van der Waals surface area contributed by atoms with Crippen molar-refractivity contribution in [3.05, 3.63) is 41.2 Å². The van der Waals surface area contributed by atoms with Crippen molar-refractivity contribution in [3.63, 3.8) is 0 Å². The molecule has 20 heavy (non-hydrogen) atoms. The molecule has 0 spiro atoms. The van der Waals surface area contributed by atoms with Gasteiger partial charge in [-0.05, 0) is 55.4 Å². The molecule has 0 aliphatic rings. The van der Waals surface area contributed by atoms with Gasteiger partial charge in [0.05, 0.1) is 18.5 Å². The molecule has 1 heterocycles. The van der Waals surface area contributed by atoms with Crippen LogP contribution in [0.1, 0.15) is 49.4 Å². The second kappa shape index (κ2) is 7.08. The number of aromatic nitrogens is 3. The normalized spacial score (nSPS) is 12.3. The van der Waals surface area contributed by atoms with Gasteiger partial charge in [0, 0.05) is 0 Å². The first-order valence-corrected chi connectivity index (χ1v) is 7.32. The lowest BCUT2D eigenvalue weighted by Crippen LogP contribution is -2.05. The van der Waals surface area contributed by atoms with Crippen LogP contribution in [0.5, 0.6) is 5.75 Å². The summed E-state index contributed by atoms with van der Waals surface area (Å²) in [6.45, 7) is 7.26. The van der Waals surface area contributed by atoms with Gasteiger partial charge >= 0.3 is 0 Å². The summed E-state index contributed by atoms with van der Waals surface area (Å²) in [6.07, 6.45) is 4.84. The molecule has 0 radical (unpaired) electrons. The molecule has 0 saturated heterocycles. The van der Waals surface area contributed by atoms with E-state index in [1.165, 1.54) is 11.1 Å². The van der Waals surface area contributed by atoms with Crippen molar-refractivity contribution >= 4 is 0 Å². The minimum absolute atomic E-state index is 0.473. The predicted molar refractivity (Wildman–Crippen MR) is 80.1 cm³/mol. The number of H-pyrrole nitrogens is 1. The minimum atomic E-state index is 0.473. The van der Waals surface area contributed by atoms with Crippen molar-refractivity contribution in [2.24, 2.45) is 0 Å². The smallest absolute Gasteiger partial charge is 0.119 e. The maximum Gasteiger partial charge on any atom is 0.119 e. The number of nitrogens with one attached hydrogen (secondary N) is 1. The summed E-state index contributed by atoms with van der Waals surface area (Å²) in [5, 5.41) is 10.7. The topological polar surface area (TPSA) is 50.8 Å². The SMILES string of the molecule is CCCOc1ccc(C(CC)Cc2cn[nH]n2)c(C)c1. The fourth-order valence-electron chi connectivity index (χ4n) is 2.47. The van der Waals surface area contributed by atoms with E-state index in [2.05, 4.69) is 54.4 Å². The van der Waals surface area contributed by atoms with Crippen molar-refractivity contribution in [3.8, 4) is 5.75 Å². The molecule has 2 rings (SSSR count). The van der Waals surface area contributed by atoms with Crippen LogP contribution in [0, 0.1) is 6.92 Å². The van der Waals surface area contributed by atoms with Gasteiger partial charge in [0.15, 0.2) is 0 Å². The third-order valence-electron chi connectivity index (χ3n) is 3.57. The van der Waals surface area contributed by atoms with Crippen LogP contribution in [0.2, 0.25) is 0 Å². The van der Waals surface area contributed by atoms with Crippen LogP contribution in [-0.4, -0.2) is 22.0 Å². The number of hydrogen-bond acceptors (Lipinski definition) is 3. The Kier molecular flexibility index (Phi) is 5.16. The van der Waals surface area contributed by atoms with Crippen LogP contribution < -0.4 is 4.74 Å². The summed E-state index contributed by atoms with van der Waals surface area (Å²) in [5.41, 5.74) is 3.68. The third kappa shape index (κ3) is 3.59. The number of rotatable bonds is 7. The highest BCUT2D eigenvalue weighted by Gasteiger charge is 2.14. The van der Waals surface area contributed by atoms with Gasteiger partial charge in [0.25, 0.3) is 0 Å². The van der Waals surface area contributed by atoms with E-state index in [4.69, 9.17) is 4.74 Å². The lowest BCUT2D eigenvalue weighted by atomic mass is 9.89. The molecule has 0 bridgehead atoms. The molecule has 1 atom stereocenters. The summed E-state index contributed by atoms with van der Waals surface area (Å²) in [5.74, 6) is 1.43. The van der Waals surface area contributed by atoms with E-state index in [0.29, 0.717) is 5.92 Å². The number of aryl methyl sites for hydroxylation is 1. The Bertz CT molecular complexity index is 523. The van der Waals surface area contributed by atoms with Crippen LogP contribution in [0.25, 0.3) is 0 Å². The van der Waals surface area contributed by atoms with Crippen molar-refractivity contribution < 1.29 is 4.74 Å². The van der Waals surface area contributed by atoms with E-state index in [9.17, 15) is 0 Å². The highest BCUT2D eigenvalue weighted by Crippen LogP contribution is 2.28. The van der Waals surface area contributed by atoms with Gasteiger partial charge in [-0.15, -0.1) is 0 Å². The van der Waals surface area contributed by atoms with E-state index < -0.39 is 0 Å². The van der Waals surface area contributed by atoms with Gasteiger partial charge in [-0.2, -0.15) is 15.4 Å². The average Bonchev–Trinajstić information content (AvgIpc) is 2.96. The second-order valence-electron chi connectivity index (χ2n) is 5.14. The zero-order valence-corrected chi connectivity index (χ0v) is 12.5. The first-order valence-electron chi connectivity index (χ1n) is 7.32. The van der Waals surface area contributed by atoms with Crippen molar-refractivity contribution in [1.29, 1.82) is 0 Å². The fourth-order valence-corrected chi connectivity index (χ4v) is 2.47. The van der Waals surface area contributed by atoms with Crippen LogP contribution in [0.15, 0.2) is 24.4 Å². The summed E-state index contributed by atoms with van der Waals surface area (Å²) < 4.78 is 5.68. The van der Waals surface area contributed by atoms with Crippen LogP contribution in [0.4, 0.5) is 0 Å². The van der Waals surface area contributed by atoms with E-state index in [-0.39, 0.29) is 0 Å². The van der Waals surface area contributed by atoms with E-state index in [1.54, 1.807) is 6.20 Å². The monoisotopic (exact) mass is 273 g/mol. The van der Waals surface area contributed by atoms with Crippen molar-refractivity contribution in [2.45, 2.75) is 46.0 Å². The maximum absolute atomic E-state index is 5.68. The Morgan fingerprint density at radius 1 is 1.30 bits per heavy atom. The molecule has 0 aliphatic heterocycles. The van der Waals surface area contributed by atoms with Gasteiger partial charge in [0.2, 0.25) is 0 Å². The molecular formula is C16H23N3O. The Balaban J connectivity index is 2.13.